The molecule has 1 amide bonds. The van der Waals surface area contributed by atoms with Crippen LogP contribution >= 0.6 is 23.2 Å². The highest BCUT2D eigenvalue weighted by Gasteiger charge is 2.53. The fourth-order valence-electron chi connectivity index (χ4n) is 3.25. The molecule has 0 saturated heterocycles. The Morgan fingerprint density at radius 1 is 1.28 bits per heavy atom. The van der Waals surface area contributed by atoms with E-state index in [0.717, 1.165) is 0 Å². The van der Waals surface area contributed by atoms with Crippen molar-refractivity contribution >= 4 is 40.8 Å². The number of anilines is 1. The van der Waals surface area contributed by atoms with Gasteiger partial charge < -0.3 is 15.8 Å². The van der Waals surface area contributed by atoms with Crippen molar-refractivity contribution < 1.29 is 18.3 Å². The third-order valence-corrected chi connectivity index (χ3v) is 5.50. The number of nitrogens with one attached hydrogen (secondary N) is 1. The van der Waals surface area contributed by atoms with Crippen molar-refractivity contribution in [1.82, 2.24) is 4.98 Å². The highest BCUT2D eigenvalue weighted by molar-refractivity contribution is 6.31. The number of halogens is 4. The number of pyridine rings is 1. The Morgan fingerprint density at radius 2 is 2.00 bits per heavy atom. The standard InChI is InChI=1S/C19H18Cl2F2N4O2/c1-9-10(2)29-18(24)27-19(9,17(22)23)13-7-12(4-5-14(13)21)26-16(28)15-6-3-11(20)8-25-15/h3-10,17H,1-2H3,(H2,24,27)(H,26,28)/t9-,10+,19-/m0/s1. The average Bonchev–Trinajstić information content (AvgIpc) is 2.66. The molecule has 0 radical (unpaired) electrons. The Kier molecular flexibility index (Phi) is 5.95. The minimum absolute atomic E-state index is 0.0432. The fourth-order valence-corrected chi connectivity index (χ4v) is 3.63. The van der Waals surface area contributed by atoms with Crippen molar-refractivity contribution in [3.8, 4) is 0 Å². The molecule has 154 valence electrons. The molecule has 3 rings (SSSR count). The van der Waals surface area contributed by atoms with Gasteiger partial charge in [0.1, 0.15) is 11.8 Å². The fraction of sp³-hybridized carbons (Fsp3) is 0.316. The van der Waals surface area contributed by atoms with Crippen LogP contribution in [-0.2, 0) is 10.3 Å². The maximum absolute atomic E-state index is 14.3. The van der Waals surface area contributed by atoms with E-state index in [4.69, 9.17) is 33.7 Å². The first kappa shape index (κ1) is 21.3. The van der Waals surface area contributed by atoms with Gasteiger partial charge in [-0.25, -0.2) is 18.8 Å². The Morgan fingerprint density at radius 3 is 2.62 bits per heavy atom. The van der Waals surface area contributed by atoms with E-state index in [1.807, 2.05) is 0 Å². The van der Waals surface area contributed by atoms with Crippen LogP contribution < -0.4 is 11.1 Å². The van der Waals surface area contributed by atoms with Gasteiger partial charge in [-0.15, -0.1) is 0 Å². The summed E-state index contributed by atoms with van der Waals surface area (Å²) in [5.41, 5.74) is 4.06. The molecule has 2 aromatic rings. The summed E-state index contributed by atoms with van der Waals surface area (Å²) in [5.74, 6) is -1.27. The highest BCUT2D eigenvalue weighted by atomic mass is 35.5. The third kappa shape index (κ3) is 4.00. The van der Waals surface area contributed by atoms with E-state index < -0.39 is 29.9 Å². The van der Waals surface area contributed by atoms with E-state index in [0.29, 0.717) is 5.02 Å². The Hall–Kier alpha value is -2.45. The molecule has 1 aromatic carbocycles. The zero-order valence-corrected chi connectivity index (χ0v) is 17.0. The Bertz CT molecular complexity index is 956. The maximum atomic E-state index is 14.3. The molecule has 10 heteroatoms. The molecule has 3 N–H and O–H groups in total. The van der Waals surface area contributed by atoms with E-state index in [-0.39, 0.29) is 28.0 Å². The molecule has 0 unspecified atom stereocenters. The first-order valence-corrected chi connectivity index (χ1v) is 9.43. The summed E-state index contributed by atoms with van der Waals surface area (Å²) in [5, 5.41) is 3.07. The van der Waals surface area contributed by atoms with Crippen LogP contribution in [0.3, 0.4) is 0 Å². The number of ether oxygens (including phenoxy) is 1. The van der Waals surface area contributed by atoms with Crippen LogP contribution in [0.2, 0.25) is 10.0 Å². The van der Waals surface area contributed by atoms with Crippen LogP contribution in [0, 0.1) is 5.92 Å². The van der Waals surface area contributed by atoms with Crippen LogP contribution in [0.1, 0.15) is 29.9 Å². The average molecular weight is 443 g/mol. The van der Waals surface area contributed by atoms with Gasteiger partial charge in [-0.1, -0.05) is 30.1 Å². The molecule has 0 aliphatic carbocycles. The summed E-state index contributed by atoms with van der Waals surface area (Å²) in [6.45, 7) is 3.22. The summed E-state index contributed by atoms with van der Waals surface area (Å²) < 4.78 is 34.0. The van der Waals surface area contributed by atoms with Gasteiger partial charge in [0.25, 0.3) is 18.4 Å². The van der Waals surface area contributed by atoms with E-state index >= 15 is 0 Å². The molecule has 3 atom stereocenters. The van der Waals surface area contributed by atoms with Crippen molar-refractivity contribution in [2.24, 2.45) is 16.6 Å². The molecular formula is C19H18Cl2F2N4O2. The molecule has 0 saturated carbocycles. The van der Waals surface area contributed by atoms with Gasteiger partial charge in [-0.2, -0.15) is 0 Å². The van der Waals surface area contributed by atoms with Crippen LogP contribution in [0.4, 0.5) is 14.5 Å². The minimum atomic E-state index is -2.91. The number of carbonyl (C=O) groups is 1. The normalized spacial score (nSPS) is 24.0. The highest BCUT2D eigenvalue weighted by Crippen LogP contribution is 2.47. The van der Waals surface area contributed by atoms with Crippen LogP contribution in [-0.4, -0.2) is 29.4 Å². The molecule has 0 spiro atoms. The van der Waals surface area contributed by atoms with Gasteiger partial charge in [0.15, 0.2) is 5.54 Å². The zero-order valence-electron chi connectivity index (χ0n) is 15.5. The number of aromatic nitrogens is 1. The molecule has 0 fully saturated rings. The second-order valence-electron chi connectivity index (χ2n) is 6.70. The Labute approximate surface area is 176 Å². The molecule has 1 aliphatic heterocycles. The molecular weight excluding hydrogens is 425 g/mol. The Balaban J connectivity index is 2.02. The van der Waals surface area contributed by atoms with Gasteiger partial charge in [0, 0.05) is 28.4 Å². The molecule has 2 heterocycles. The molecule has 1 aliphatic rings. The predicted molar refractivity (Wildman–Crippen MR) is 108 cm³/mol. The van der Waals surface area contributed by atoms with Crippen molar-refractivity contribution in [3.63, 3.8) is 0 Å². The number of nitrogens with zero attached hydrogens (tertiary/aromatic N) is 2. The van der Waals surface area contributed by atoms with E-state index in [1.54, 1.807) is 13.8 Å². The third-order valence-electron chi connectivity index (χ3n) is 4.95. The van der Waals surface area contributed by atoms with E-state index in [9.17, 15) is 13.6 Å². The number of hydrogen-bond donors (Lipinski definition) is 2. The first-order chi connectivity index (χ1) is 13.6. The number of alkyl halides is 2. The van der Waals surface area contributed by atoms with Crippen molar-refractivity contribution in [1.29, 1.82) is 0 Å². The molecule has 29 heavy (non-hydrogen) atoms. The quantitative estimate of drug-likeness (QED) is 0.730. The second-order valence-corrected chi connectivity index (χ2v) is 7.54. The van der Waals surface area contributed by atoms with Crippen molar-refractivity contribution in [3.05, 3.63) is 57.8 Å². The predicted octanol–water partition coefficient (Wildman–Crippen LogP) is 4.47. The lowest BCUT2D eigenvalue weighted by Crippen LogP contribution is -2.51. The topological polar surface area (TPSA) is 89.6 Å². The van der Waals surface area contributed by atoms with Gasteiger partial charge >= 0.3 is 0 Å². The van der Waals surface area contributed by atoms with Crippen LogP contribution in [0.15, 0.2) is 41.5 Å². The summed E-state index contributed by atoms with van der Waals surface area (Å²) >= 11 is 12.0. The number of rotatable bonds is 4. The zero-order chi connectivity index (χ0) is 21.3. The number of carbonyl (C=O) groups excluding carboxylic acids is 1. The molecule has 1 aromatic heterocycles. The first-order valence-electron chi connectivity index (χ1n) is 8.68. The van der Waals surface area contributed by atoms with Crippen LogP contribution in [0.5, 0.6) is 0 Å². The SMILES string of the molecule is C[C@H]1OC(N)=N[C@@](c2cc(NC(=O)c3ccc(Cl)cn3)ccc2Cl)(C(F)F)[C@H]1C. The number of amides is 1. The minimum Gasteiger partial charge on any atom is -0.462 e. The summed E-state index contributed by atoms with van der Waals surface area (Å²) in [6, 6.07) is 6.91. The number of benzene rings is 1. The second kappa shape index (κ2) is 8.12. The maximum Gasteiger partial charge on any atom is 0.283 e. The lowest BCUT2D eigenvalue weighted by atomic mass is 9.76. The van der Waals surface area contributed by atoms with Crippen molar-refractivity contribution in [2.75, 3.05) is 5.32 Å². The molecule has 0 bridgehead atoms. The smallest absolute Gasteiger partial charge is 0.283 e. The van der Waals surface area contributed by atoms with Gasteiger partial charge in [-0.3, -0.25) is 4.79 Å². The van der Waals surface area contributed by atoms with Gasteiger partial charge in [0.05, 0.1) is 5.02 Å². The monoisotopic (exact) mass is 442 g/mol. The van der Waals surface area contributed by atoms with Gasteiger partial charge in [-0.05, 0) is 37.3 Å². The number of nitrogens with two attached hydrogens (primary N) is 1. The largest absolute Gasteiger partial charge is 0.462 e. The number of hydrogen-bond acceptors (Lipinski definition) is 5. The number of aliphatic imine (C=N–C) groups is 1. The van der Waals surface area contributed by atoms with Crippen molar-refractivity contribution in [2.45, 2.75) is 31.9 Å². The molecule has 6 nitrogen and oxygen atoms in total. The summed E-state index contributed by atoms with van der Waals surface area (Å²) in [6.07, 6.45) is -2.20. The number of amidine groups is 1. The van der Waals surface area contributed by atoms with Crippen LogP contribution in [0.25, 0.3) is 0 Å². The lowest BCUT2D eigenvalue weighted by Gasteiger charge is -2.42. The van der Waals surface area contributed by atoms with E-state index in [1.165, 1.54) is 36.5 Å². The lowest BCUT2D eigenvalue weighted by molar-refractivity contribution is -0.0347. The summed E-state index contributed by atoms with van der Waals surface area (Å²) in [7, 11) is 0. The summed E-state index contributed by atoms with van der Waals surface area (Å²) in [4.78, 5) is 20.3. The van der Waals surface area contributed by atoms with E-state index in [2.05, 4.69) is 15.3 Å². The van der Waals surface area contributed by atoms with Gasteiger partial charge in [0.2, 0.25) is 0 Å².